The number of nitrogens with zero attached hydrogens (tertiary/aromatic N) is 3. The first kappa shape index (κ1) is 26.5. The molecule has 0 unspecified atom stereocenters. The molecule has 32 heavy (non-hydrogen) atoms. The van der Waals surface area contributed by atoms with Crippen LogP contribution in [-0.4, -0.2) is 57.1 Å². The van der Waals surface area contributed by atoms with Crippen molar-refractivity contribution in [2.75, 3.05) is 37.8 Å². The number of benzene rings is 2. The first-order valence-corrected chi connectivity index (χ1v) is 12.4. The fraction of sp³-hybridized carbons (Fsp3) is 0.333. The van der Waals surface area contributed by atoms with E-state index in [0.29, 0.717) is 28.6 Å². The van der Waals surface area contributed by atoms with Crippen molar-refractivity contribution in [3.8, 4) is 0 Å². The maximum absolute atomic E-state index is 13.2. The molecule has 0 atom stereocenters. The van der Waals surface area contributed by atoms with Crippen LogP contribution in [0, 0.1) is 12.7 Å². The third-order valence-electron chi connectivity index (χ3n) is 4.74. The van der Waals surface area contributed by atoms with Crippen molar-refractivity contribution in [2.24, 2.45) is 0 Å². The van der Waals surface area contributed by atoms with E-state index < -0.39 is 27.3 Å². The highest BCUT2D eigenvalue weighted by Crippen LogP contribution is 2.34. The number of fused-ring (bicyclic) bond motifs is 1. The summed E-state index contributed by atoms with van der Waals surface area (Å²) in [7, 11) is -0.0786. The number of hydrogen-bond donors (Lipinski definition) is 0. The number of amides is 1. The molecule has 6 nitrogen and oxygen atoms in total. The number of aryl methyl sites for hydroxylation is 1. The summed E-state index contributed by atoms with van der Waals surface area (Å²) in [5, 5.41) is 1.01. The van der Waals surface area contributed by atoms with Gasteiger partial charge in [-0.2, -0.15) is 0 Å². The second-order valence-corrected chi connectivity index (χ2v) is 10.8. The Kier molecular flexibility index (Phi) is 9.01. The second kappa shape index (κ2) is 10.9. The van der Waals surface area contributed by atoms with Gasteiger partial charge in [0.15, 0.2) is 15.0 Å². The standard InChI is InChI=1S/C21H23ClFN3O3S2.ClH/c1-14-17(22)9-10-18-20(14)24-21(30-18)26(12-4-11-25(2)3)19(27)13-31(28,29)16-7-5-15(23)6-8-16;/h5-10H,4,11-13H2,1-3H3;1H. The number of anilines is 1. The van der Waals surface area contributed by atoms with Crippen molar-refractivity contribution in [2.45, 2.75) is 18.2 Å². The number of aromatic nitrogens is 1. The number of carbonyl (C=O) groups is 1. The smallest absolute Gasteiger partial charge is 0.244 e. The lowest BCUT2D eigenvalue weighted by Gasteiger charge is -2.21. The Morgan fingerprint density at radius 1 is 1.12 bits per heavy atom. The third-order valence-corrected chi connectivity index (χ3v) is 7.81. The third kappa shape index (κ3) is 6.17. The van der Waals surface area contributed by atoms with Crippen molar-refractivity contribution >= 4 is 66.4 Å². The van der Waals surface area contributed by atoms with E-state index in [2.05, 4.69) is 4.98 Å². The van der Waals surface area contributed by atoms with E-state index in [0.717, 1.165) is 41.1 Å². The van der Waals surface area contributed by atoms with E-state index in [-0.39, 0.29) is 17.3 Å². The largest absolute Gasteiger partial charge is 0.309 e. The minimum atomic E-state index is -3.93. The number of carbonyl (C=O) groups excluding carboxylic acids is 1. The van der Waals surface area contributed by atoms with Gasteiger partial charge >= 0.3 is 0 Å². The lowest BCUT2D eigenvalue weighted by Crippen LogP contribution is -2.37. The maximum atomic E-state index is 13.2. The molecule has 0 saturated carbocycles. The summed E-state index contributed by atoms with van der Waals surface area (Å²) in [6, 6.07) is 8.06. The van der Waals surface area contributed by atoms with Crippen LogP contribution in [0.1, 0.15) is 12.0 Å². The Bertz CT molecular complexity index is 1200. The monoisotopic (exact) mass is 519 g/mol. The number of hydrogen-bond acceptors (Lipinski definition) is 6. The molecule has 0 aliphatic heterocycles. The summed E-state index contributed by atoms with van der Waals surface area (Å²) >= 11 is 7.51. The summed E-state index contributed by atoms with van der Waals surface area (Å²) in [5.74, 6) is -1.85. The second-order valence-electron chi connectivity index (χ2n) is 7.43. The fourth-order valence-corrected chi connectivity index (χ4v) is 5.46. The van der Waals surface area contributed by atoms with Gasteiger partial charge in [0.2, 0.25) is 5.91 Å². The molecule has 11 heteroatoms. The number of sulfone groups is 1. The van der Waals surface area contributed by atoms with Crippen molar-refractivity contribution in [1.82, 2.24) is 9.88 Å². The molecule has 1 aromatic heterocycles. The zero-order valence-electron chi connectivity index (χ0n) is 17.8. The van der Waals surface area contributed by atoms with Crippen molar-refractivity contribution in [3.05, 3.63) is 52.8 Å². The molecule has 1 amide bonds. The summed E-state index contributed by atoms with van der Waals surface area (Å²) in [6.07, 6.45) is 0.644. The Morgan fingerprint density at radius 2 is 1.78 bits per heavy atom. The molecule has 0 saturated heterocycles. The van der Waals surface area contributed by atoms with Crippen LogP contribution in [0.3, 0.4) is 0 Å². The number of halogens is 3. The minimum Gasteiger partial charge on any atom is -0.309 e. The van der Waals surface area contributed by atoms with Crippen LogP contribution >= 0.6 is 35.3 Å². The molecule has 0 bridgehead atoms. The van der Waals surface area contributed by atoms with E-state index in [1.165, 1.54) is 16.2 Å². The molecule has 0 spiro atoms. The highest BCUT2D eigenvalue weighted by atomic mass is 35.5. The van der Waals surface area contributed by atoms with Gasteiger partial charge in [0.05, 0.1) is 15.1 Å². The molecule has 3 aromatic rings. The molecule has 2 aromatic carbocycles. The molecule has 3 rings (SSSR count). The molecule has 0 aliphatic carbocycles. The van der Waals surface area contributed by atoms with Crippen molar-refractivity contribution < 1.29 is 17.6 Å². The topological polar surface area (TPSA) is 70.6 Å². The Hall–Kier alpha value is -1.78. The molecule has 174 valence electrons. The van der Waals surface area contributed by atoms with Gasteiger partial charge in [-0.05, 0) is 75.9 Å². The van der Waals surface area contributed by atoms with E-state index in [1.807, 2.05) is 32.0 Å². The molecule has 1 heterocycles. The number of thiazole rings is 1. The van der Waals surface area contributed by atoms with Crippen LogP contribution in [0.2, 0.25) is 5.02 Å². The highest BCUT2D eigenvalue weighted by Gasteiger charge is 2.27. The first-order chi connectivity index (χ1) is 14.6. The minimum absolute atomic E-state index is 0. The van der Waals surface area contributed by atoms with Crippen LogP contribution in [0.4, 0.5) is 9.52 Å². The zero-order chi connectivity index (χ0) is 22.8. The van der Waals surface area contributed by atoms with Crippen molar-refractivity contribution in [1.29, 1.82) is 0 Å². The van der Waals surface area contributed by atoms with Gasteiger partial charge < -0.3 is 4.90 Å². The predicted octanol–water partition coefficient (Wildman–Crippen LogP) is 4.58. The lowest BCUT2D eigenvalue weighted by atomic mass is 10.2. The molecular weight excluding hydrogens is 496 g/mol. The first-order valence-electron chi connectivity index (χ1n) is 9.57. The quantitative estimate of drug-likeness (QED) is 0.407. The van der Waals surface area contributed by atoms with Gasteiger partial charge in [-0.1, -0.05) is 22.9 Å². The van der Waals surface area contributed by atoms with Crippen LogP contribution in [0.25, 0.3) is 10.2 Å². The average Bonchev–Trinajstić information content (AvgIpc) is 3.12. The van der Waals surface area contributed by atoms with E-state index >= 15 is 0 Å². The summed E-state index contributed by atoms with van der Waals surface area (Å²) in [5.41, 5.74) is 1.50. The van der Waals surface area contributed by atoms with Gasteiger partial charge in [0.1, 0.15) is 11.6 Å². The Labute approximate surface area is 202 Å². The number of rotatable bonds is 8. The van der Waals surface area contributed by atoms with Crippen LogP contribution in [0.5, 0.6) is 0 Å². The summed E-state index contributed by atoms with van der Waals surface area (Å²) < 4.78 is 39.5. The highest BCUT2D eigenvalue weighted by molar-refractivity contribution is 7.92. The Balaban J connectivity index is 0.00000363. The van der Waals surface area contributed by atoms with E-state index in [9.17, 15) is 17.6 Å². The SMILES string of the molecule is Cc1c(Cl)ccc2sc(N(CCCN(C)C)C(=O)CS(=O)(=O)c3ccc(F)cc3)nc12.Cl. The maximum Gasteiger partial charge on any atom is 0.244 e. The normalized spacial score (nSPS) is 11.6. The zero-order valence-corrected chi connectivity index (χ0v) is 21.0. The van der Waals surface area contributed by atoms with E-state index in [1.54, 1.807) is 6.07 Å². The molecular formula is C21H24Cl2FN3O3S2. The molecule has 0 fully saturated rings. The van der Waals surface area contributed by atoms with Gasteiger partial charge in [0, 0.05) is 11.6 Å². The molecule has 0 N–H and O–H groups in total. The summed E-state index contributed by atoms with van der Waals surface area (Å²) in [4.78, 5) is 21.0. The van der Waals surface area contributed by atoms with Crippen LogP contribution < -0.4 is 4.90 Å². The molecule has 0 radical (unpaired) electrons. The van der Waals surface area contributed by atoms with E-state index in [4.69, 9.17) is 11.6 Å². The van der Waals surface area contributed by atoms with Crippen LogP contribution in [-0.2, 0) is 14.6 Å². The van der Waals surface area contributed by atoms with Gasteiger partial charge in [-0.15, -0.1) is 12.4 Å². The van der Waals surface area contributed by atoms with Gasteiger partial charge in [0.25, 0.3) is 0 Å². The van der Waals surface area contributed by atoms with Crippen LogP contribution in [0.15, 0.2) is 41.3 Å². The fourth-order valence-electron chi connectivity index (χ4n) is 3.04. The summed E-state index contributed by atoms with van der Waals surface area (Å²) in [6.45, 7) is 2.90. The average molecular weight is 520 g/mol. The van der Waals surface area contributed by atoms with Crippen molar-refractivity contribution in [3.63, 3.8) is 0 Å². The van der Waals surface area contributed by atoms with Gasteiger partial charge in [-0.3, -0.25) is 9.69 Å². The molecule has 0 aliphatic rings. The lowest BCUT2D eigenvalue weighted by molar-refractivity contribution is -0.116. The predicted molar refractivity (Wildman–Crippen MR) is 131 cm³/mol. The Morgan fingerprint density at radius 3 is 2.41 bits per heavy atom. The van der Waals surface area contributed by atoms with Gasteiger partial charge in [-0.25, -0.2) is 17.8 Å².